The summed E-state index contributed by atoms with van der Waals surface area (Å²) in [5.74, 6) is 0.0881. The molecule has 1 aromatic rings. The monoisotopic (exact) mass is 371 g/mol. The molecule has 0 radical (unpaired) electrons. The number of hydrogen-bond donors (Lipinski definition) is 1. The van der Waals surface area contributed by atoms with Crippen molar-refractivity contribution in [1.29, 1.82) is 0 Å². The van der Waals surface area contributed by atoms with E-state index in [0.29, 0.717) is 30.0 Å². The number of hydrogen-bond acceptors (Lipinski definition) is 6. The Morgan fingerprint density at radius 2 is 1.88 bits per heavy atom. The number of carbonyl (C=O) groups excluding carboxylic acids is 1. The lowest BCUT2D eigenvalue weighted by atomic mass is 10.0. The fraction of sp³-hybridized carbons (Fsp3) is 0.562. The van der Waals surface area contributed by atoms with Gasteiger partial charge in [-0.15, -0.1) is 0 Å². The van der Waals surface area contributed by atoms with E-state index in [2.05, 4.69) is 0 Å². The molecule has 0 bridgehead atoms. The summed E-state index contributed by atoms with van der Waals surface area (Å²) in [6, 6.07) is 2.14. The van der Waals surface area contributed by atoms with E-state index in [1.165, 1.54) is 24.6 Å². The molecule has 2 rings (SSSR count). The first kappa shape index (κ1) is 19.5. The quantitative estimate of drug-likeness (QED) is 0.727. The number of amides is 1. The molecule has 0 aromatic heterocycles. The van der Waals surface area contributed by atoms with Crippen molar-refractivity contribution in [1.82, 2.24) is 9.21 Å². The zero-order valence-electron chi connectivity index (χ0n) is 15.0. The molecule has 1 aromatic carbocycles. The van der Waals surface area contributed by atoms with Gasteiger partial charge in [-0.2, -0.15) is 4.31 Å². The van der Waals surface area contributed by atoms with E-state index in [1.54, 1.807) is 6.07 Å². The lowest BCUT2D eigenvalue weighted by molar-refractivity contribution is -0.121. The Balaban J connectivity index is 2.48. The number of carbonyl (C=O) groups is 1. The minimum atomic E-state index is -3.85. The highest BCUT2D eigenvalue weighted by atomic mass is 32.2. The third-order valence-corrected chi connectivity index (χ3v) is 6.22. The van der Waals surface area contributed by atoms with Crippen LogP contribution in [0.25, 0.3) is 0 Å². The van der Waals surface area contributed by atoms with Gasteiger partial charge in [0.2, 0.25) is 15.9 Å². The summed E-state index contributed by atoms with van der Waals surface area (Å²) in [4.78, 5) is 14.0. The van der Waals surface area contributed by atoms with E-state index >= 15 is 0 Å². The summed E-state index contributed by atoms with van der Waals surface area (Å²) in [7, 11) is 2.87. The Kier molecular flexibility index (Phi) is 5.91. The van der Waals surface area contributed by atoms with Crippen LogP contribution in [0.2, 0.25) is 0 Å². The van der Waals surface area contributed by atoms with Gasteiger partial charge >= 0.3 is 0 Å². The normalized spacial score (nSPS) is 19.5. The number of ether oxygens (including phenoxy) is 2. The fourth-order valence-electron chi connectivity index (χ4n) is 2.97. The van der Waals surface area contributed by atoms with Gasteiger partial charge in [0.05, 0.1) is 19.1 Å². The van der Waals surface area contributed by atoms with Gasteiger partial charge in [0.25, 0.3) is 0 Å². The smallest absolute Gasteiger partial charge is 0.244 e. The van der Waals surface area contributed by atoms with Gasteiger partial charge in [0.15, 0.2) is 11.5 Å². The number of fused-ring (bicyclic) bond motifs is 1. The largest absolute Gasteiger partial charge is 0.493 e. The van der Waals surface area contributed by atoms with Crippen LogP contribution >= 0.6 is 0 Å². The maximum Gasteiger partial charge on any atom is 0.244 e. The third kappa shape index (κ3) is 3.88. The standard InChI is InChI=1S/C16H25N3O5S/c1-18(2)6-5-7-19-12(16(17)20)8-11-9-13(23-3)14(24-4)10-15(11)25(19,21)22/h9-10,12H,5-8H2,1-4H3,(H2,17,20). The molecule has 0 fully saturated rings. The zero-order chi connectivity index (χ0) is 18.8. The number of methoxy groups -OCH3 is 2. The molecular weight excluding hydrogens is 346 g/mol. The van der Waals surface area contributed by atoms with Crippen LogP contribution in [-0.4, -0.2) is 71.0 Å². The lowest BCUT2D eigenvalue weighted by Gasteiger charge is -2.34. The summed E-state index contributed by atoms with van der Waals surface area (Å²) < 4.78 is 37.8. The second-order valence-electron chi connectivity index (χ2n) is 6.21. The molecule has 1 unspecified atom stereocenters. The summed E-state index contributed by atoms with van der Waals surface area (Å²) in [6.07, 6.45) is 0.810. The van der Waals surface area contributed by atoms with Crippen LogP contribution in [0.1, 0.15) is 12.0 Å². The van der Waals surface area contributed by atoms with Gasteiger partial charge in [-0.3, -0.25) is 4.79 Å². The number of benzene rings is 1. The number of nitrogens with two attached hydrogens (primary N) is 1. The Labute approximate surface area is 148 Å². The van der Waals surface area contributed by atoms with Gasteiger partial charge in [-0.1, -0.05) is 0 Å². The van der Waals surface area contributed by atoms with E-state index in [4.69, 9.17) is 15.2 Å². The molecule has 8 nitrogen and oxygen atoms in total. The minimum Gasteiger partial charge on any atom is -0.493 e. The second-order valence-corrected chi connectivity index (χ2v) is 8.07. The van der Waals surface area contributed by atoms with E-state index in [9.17, 15) is 13.2 Å². The average molecular weight is 371 g/mol. The molecule has 1 amide bonds. The molecule has 1 atom stereocenters. The highest BCUT2D eigenvalue weighted by Crippen LogP contribution is 2.38. The highest BCUT2D eigenvalue weighted by Gasteiger charge is 2.41. The van der Waals surface area contributed by atoms with Crippen LogP contribution in [0.3, 0.4) is 0 Å². The average Bonchev–Trinajstić information content (AvgIpc) is 2.54. The van der Waals surface area contributed by atoms with Gasteiger partial charge < -0.3 is 20.1 Å². The maximum atomic E-state index is 13.1. The lowest BCUT2D eigenvalue weighted by Crippen LogP contribution is -2.52. The summed E-state index contributed by atoms with van der Waals surface area (Å²) >= 11 is 0. The SMILES string of the molecule is COc1cc2c(cc1OC)S(=O)(=O)N(CCCN(C)C)C(C(N)=O)C2. The molecule has 25 heavy (non-hydrogen) atoms. The van der Waals surface area contributed by atoms with E-state index in [-0.39, 0.29) is 17.9 Å². The van der Waals surface area contributed by atoms with Crippen molar-refractivity contribution in [2.45, 2.75) is 23.8 Å². The van der Waals surface area contributed by atoms with Crippen LogP contribution < -0.4 is 15.2 Å². The maximum absolute atomic E-state index is 13.1. The van der Waals surface area contributed by atoms with Crippen molar-refractivity contribution < 1.29 is 22.7 Å². The molecule has 9 heteroatoms. The Hall–Kier alpha value is -1.84. The molecule has 0 saturated carbocycles. The van der Waals surface area contributed by atoms with Crippen molar-refractivity contribution >= 4 is 15.9 Å². The first-order chi connectivity index (χ1) is 11.7. The van der Waals surface area contributed by atoms with Crippen molar-refractivity contribution in [3.63, 3.8) is 0 Å². The topological polar surface area (TPSA) is 102 Å². The highest BCUT2D eigenvalue weighted by molar-refractivity contribution is 7.89. The molecule has 0 aliphatic carbocycles. The van der Waals surface area contributed by atoms with E-state index in [1.807, 2.05) is 19.0 Å². The van der Waals surface area contributed by atoms with Gasteiger partial charge in [0.1, 0.15) is 6.04 Å². The summed E-state index contributed by atoms with van der Waals surface area (Å²) in [5.41, 5.74) is 5.99. The molecule has 1 aliphatic rings. The molecule has 140 valence electrons. The predicted octanol–water partition coefficient (Wildman–Crippen LogP) is 0.0562. The van der Waals surface area contributed by atoms with Crippen LogP contribution in [0, 0.1) is 0 Å². The molecule has 0 spiro atoms. The molecule has 1 aliphatic heterocycles. The molecular formula is C16H25N3O5S. The first-order valence-corrected chi connectivity index (χ1v) is 9.37. The molecule has 0 saturated heterocycles. The van der Waals surface area contributed by atoms with Gasteiger partial charge in [-0.05, 0) is 45.1 Å². The van der Waals surface area contributed by atoms with Gasteiger partial charge in [-0.25, -0.2) is 8.42 Å². The van der Waals surface area contributed by atoms with Crippen molar-refractivity contribution in [2.24, 2.45) is 5.73 Å². The van der Waals surface area contributed by atoms with Gasteiger partial charge in [0, 0.05) is 12.6 Å². The summed E-state index contributed by atoms with van der Waals surface area (Å²) in [6.45, 7) is 0.929. The Morgan fingerprint density at radius 1 is 1.28 bits per heavy atom. The van der Waals surface area contributed by atoms with Crippen LogP contribution in [0.15, 0.2) is 17.0 Å². The Bertz CT molecular complexity index is 748. The summed E-state index contributed by atoms with van der Waals surface area (Å²) in [5, 5.41) is 0. The zero-order valence-corrected chi connectivity index (χ0v) is 15.8. The third-order valence-electron chi connectivity index (χ3n) is 4.23. The number of nitrogens with zero attached hydrogens (tertiary/aromatic N) is 2. The fourth-order valence-corrected chi connectivity index (χ4v) is 4.83. The Morgan fingerprint density at radius 3 is 2.40 bits per heavy atom. The number of rotatable bonds is 7. The van der Waals surface area contributed by atoms with Crippen molar-refractivity contribution in [2.75, 3.05) is 41.4 Å². The second kappa shape index (κ2) is 7.59. The predicted molar refractivity (Wildman–Crippen MR) is 93.3 cm³/mol. The molecule has 1 heterocycles. The van der Waals surface area contributed by atoms with Crippen LogP contribution in [0.5, 0.6) is 11.5 Å². The van der Waals surface area contributed by atoms with Crippen LogP contribution in [0.4, 0.5) is 0 Å². The van der Waals surface area contributed by atoms with Crippen LogP contribution in [-0.2, 0) is 21.2 Å². The molecule has 2 N–H and O–H groups in total. The number of sulfonamides is 1. The first-order valence-electron chi connectivity index (χ1n) is 7.93. The van der Waals surface area contributed by atoms with Crippen molar-refractivity contribution in [3.05, 3.63) is 17.7 Å². The van der Waals surface area contributed by atoms with Crippen molar-refractivity contribution in [3.8, 4) is 11.5 Å². The minimum absolute atomic E-state index is 0.132. The van der Waals surface area contributed by atoms with E-state index < -0.39 is 22.0 Å². The van der Waals surface area contributed by atoms with E-state index in [0.717, 1.165) is 0 Å². The number of primary amides is 1.